The van der Waals surface area contributed by atoms with Gasteiger partial charge in [0.05, 0.1) is 42.7 Å². The lowest BCUT2D eigenvalue weighted by atomic mass is 10.1. The first-order valence-corrected chi connectivity index (χ1v) is 6.80. The van der Waals surface area contributed by atoms with Gasteiger partial charge < -0.3 is 9.72 Å². The molecule has 0 radical (unpaired) electrons. The number of ether oxygens (including phenoxy) is 1. The maximum atomic E-state index is 13.7. The van der Waals surface area contributed by atoms with Crippen molar-refractivity contribution in [2.24, 2.45) is 0 Å². The Morgan fingerprint density at radius 2 is 2.17 bits per heavy atom. The van der Waals surface area contributed by atoms with E-state index < -0.39 is 5.82 Å². The van der Waals surface area contributed by atoms with E-state index in [1.54, 1.807) is 35.5 Å². The number of nitrogens with zero attached hydrogens (tertiary/aromatic N) is 5. The van der Waals surface area contributed by atoms with Gasteiger partial charge in [-0.05, 0) is 12.1 Å². The molecule has 114 valence electrons. The Bertz CT molecular complexity index is 979. The third kappa shape index (κ3) is 2.11. The van der Waals surface area contributed by atoms with Crippen molar-refractivity contribution >= 4 is 5.65 Å². The molecule has 7 nitrogen and oxygen atoms in total. The average Bonchev–Trinajstić information content (AvgIpc) is 3.21. The second kappa shape index (κ2) is 5.16. The van der Waals surface area contributed by atoms with Gasteiger partial charge in [-0.15, -0.1) is 0 Å². The molecule has 0 aliphatic rings. The second-order valence-corrected chi connectivity index (χ2v) is 4.79. The van der Waals surface area contributed by atoms with E-state index >= 15 is 0 Å². The van der Waals surface area contributed by atoms with Crippen LogP contribution >= 0.6 is 0 Å². The number of methoxy groups -OCH3 is 1. The normalized spacial score (nSPS) is 11.0. The Kier molecular flexibility index (Phi) is 3.00. The molecule has 4 aromatic rings. The van der Waals surface area contributed by atoms with Gasteiger partial charge in [0.2, 0.25) is 5.88 Å². The summed E-state index contributed by atoms with van der Waals surface area (Å²) in [5.41, 5.74) is 3.01. The zero-order valence-electron chi connectivity index (χ0n) is 12.1. The highest BCUT2D eigenvalue weighted by atomic mass is 19.1. The van der Waals surface area contributed by atoms with Crippen LogP contribution in [0.4, 0.5) is 4.39 Å². The van der Waals surface area contributed by atoms with E-state index in [0.29, 0.717) is 22.5 Å². The van der Waals surface area contributed by atoms with Crippen LogP contribution in [0.2, 0.25) is 0 Å². The molecule has 0 amide bonds. The maximum Gasteiger partial charge on any atom is 0.222 e. The number of nitrogens with one attached hydrogen (secondary N) is 1. The smallest absolute Gasteiger partial charge is 0.222 e. The Hall–Kier alpha value is -3.29. The van der Waals surface area contributed by atoms with Crippen molar-refractivity contribution in [3.63, 3.8) is 0 Å². The molecular formula is C15H11FN6O. The van der Waals surface area contributed by atoms with E-state index in [1.807, 2.05) is 0 Å². The van der Waals surface area contributed by atoms with Gasteiger partial charge >= 0.3 is 0 Å². The molecule has 0 spiro atoms. The minimum Gasteiger partial charge on any atom is -0.481 e. The Morgan fingerprint density at radius 3 is 2.96 bits per heavy atom. The van der Waals surface area contributed by atoms with Gasteiger partial charge in [-0.1, -0.05) is 0 Å². The number of halogens is 1. The van der Waals surface area contributed by atoms with Crippen LogP contribution in [0.15, 0.2) is 43.2 Å². The lowest BCUT2D eigenvalue weighted by Crippen LogP contribution is -1.94. The summed E-state index contributed by atoms with van der Waals surface area (Å²) in [5.74, 6) is -0.183. The van der Waals surface area contributed by atoms with E-state index in [-0.39, 0.29) is 5.88 Å². The average molecular weight is 310 g/mol. The minimum absolute atomic E-state index is 0.288. The van der Waals surface area contributed by atoms with Gasteiger partial charge in [0.15, 0.2) is 5.65 Å². The van der Waals surface area contributed by atoms with E-state index in [2.05, 4.69) is 25.0 Å². The molecule has 0 aliphatic carbocycles. The summed E-state index contributed by atoms with van der Waals surface area (Å²) in [6.45, 7) is 0. The van der Waals surface area contributed by atoms with Gasteiger partial charge in [0.25, 0.3) is 0 Å². The van der Waals surface area contributed by atoms with E-state index in [9.17, 15) is 4.39 Å². The molecule has 0 aromatic carbocycles. The predicted octanol–water partition coefficient (Wildman–Crippen LogP) is 2.33. The second-order valence-electron chi connectivity index (χ2n) is 4.79. The molecule has 0 aliphatic heterocycles. The van der Waals surface area contributed by atoms with Gasteiger partial charge in [-0.25, -0.2) is 23.9 Å². The predicted molar refractivity (Wildman–Crippen MR) is 80.3 cm³/mol. The Morgan fingerprint density at radius 1 is 1.26 bits per heavy atom. The first kappa shape index (κ1) is 13.4. The molecule has 4 heterocycles. The Balaban J connectivity index is 2.08. The van der Waals surface area contributed by atoms with Crippen LogP contribution in [0.1, 0.15) is 0 Å². The summed E-state index contributed by atoms with van der Waals surface area (Å²) in [5, 5.41) is 4.51. The molecule has 8 heteroatoms. The molecule has 4 aromatic heterocycles. The number of aromatic nitrogens is 6. The van der Waals surface area contributed by atoms with Crippen LogP contribution in [-0.2, 0) is 0 Å². The molecule has 23 heavy (non-hydrogen) atoms. The van der Waals surface area contributed by atoms with Crippen LogP contribution in [0, 0.1) is 5.82 Å². The van der Waals surface area contributed by atoms with Crippen LogP contribution in [0.3, 0.4) is 0 Å². The molecule has 1 N–H and O–H groups in total. The lowest BCUT2D eigenvalue weighted by molar-refractivity contribution is 0.397. The summed E-state index contributed by atoms with van der Waals surface area (Å²) in [7, 11) is 1.48. The zero-order chi connectivity index (χ0) is 15.8. The van der Waals surface area contributed by atoms with E-state index in [4.69, 9.17) is 4.74 Å². The number of hydrogen-bond acceptors (Lipinski definition) is 5. The van der Waals surface area contributed by atoms with Crippen molar-refractivity contribution < 1.29 is 9.13 Å². The fourth-order valence-corrected chi connectivity index (χ4v) is 2.48. The summed E-state index contributed by atoms with van der Waals surface area (Å²) in [6.07, 6.45) is 7.76. The van der Waals surface area contributed by atoms with E-state index in [1.165, 1.54) is 13.2 Å². The largest absolute Gasteiger partial charge is 0.481 e. The SMILES string of the molecule is COc1ncc(F)cc1-c1nn2cccnc2c1-c1cnc[nH]1. The van der Waals surface area contributed by atoms with Crippen molar-refractivity contribution in [2.45, 2.75) is 0 Å². The van der Waals surface area contributed by atoms with Crippen LogP contribution < -0.4 is 4.74 Å². The van der Waals surface area contributed by atoms with Crippen molar-refractivity contribution in [2.75, 3.05) is 7.11 Å². The number of rotatable bonds is 3. The summed E-state index contributed by atoms with van der Waals surface area (Å²) < 4.78 is 20.6. The topological polar surface area (TPSA) is 81.0 Å². The minimum atomic E-state index is -0.471. The molecule has 4 rings (SSSR count). The van der Waals surface area contributed by atoms with Crippen molar-refractivity contribution in [1.29, 1.82) is 0 Å². The summed E-state index contributed by atoms with van der Waals surface area (Å²) >= 11 is 0. The fourth-order valence-electron chi connectivity index (χ4n) is 2.48. The lowest BCUT2D eigenvalue weighted by Gasteiger charge is -2.06. The molecule has 0 saturated heterocycles. The van der Waals surface area contributed by atoms with Gasteiger partial charge in [-0.2, -0.15) is 5.10 Å². The molecule has 0 atom stereocenters. The number of imidazole rings is 1. The van der Waals surface area contributed by atoms with E-state index in [0.717, 1.165) is 11.9 Å². The standard InChI is InChI=1S/C15H11FN6O/c1-23-15-10(5-9(16)6-19-15)13-12(11-7-17-8-20-11)14-18-3-2-4-22(14)21-13/h2-8H,1H3,(H,17,20). The van der Waals surface area contributed by atoms with Crippen LogP contribution in [0.25, 0.3) is 28.2 Å². The highest BCUT2D eigenvalue weighted by Gasteiger charge is 2.22. The first-order chi connectivity index (χ1) is 11.3. The third-order valence-corrected chi connectivity index (χ3v) is 3.43. The Labute approximate surface area is 129 Å². The summed E-state index contributed by atoms with van der Waals surface area (Å²) in [6, 6.07) is 3.11. The molecule has 0 unspecified atom stereocenters. The van der Waals surface area contributed by atoms with Gasteiger partial charge in [-0.3, -0.25) is 0 Å². The molecule has 0 saturated carbocycles. The highest BCUT2D eigenvalue weighted by molar-refractivity contribution is 5.90. The number of fused-ring (bicyclic) bond motifs is 1. The number of H-pyrrole nitrogens is 1. The molecular weight excluding hydrogens is 299 g/mol. The monoisotopic (exact) mass is 310 g/mol. The van der Waals surface area contributed by atoms with Crippen molar-refractivity contribution in [3.05, 3.63) is 49.1 Å². The fraction of sp³-hybridized carbons (Fsp3) is 0.0667. The summed E-state index contributed by atoms with van der Waals surface area (Å²) in [4.78, 5) is 15.4. The number of hydrogen-bond donors (Lipinski definition) is 1. The highest BCUT2D eigenvalue weighted by Crippen LogP contribution is 2.36. The third-order valence-electron chi connectivity index (χ3n) is 3.43. The number of pyridine rings is 1. The number of aromatic amines is 1. The van der Waals surface area contributed by atoms with Crippen molar-refractivity contribution in [1.82, 2.24) is 29.5 Å². The maximum absolute atomic E-state index is 13.7. The van der Waals surface area contributed by atoms with Crippen molar-refractivity contribution in [3.8, 4) is 28.4 Å². The van der Waals surface area contributed by atoms with Gasteiger partial charge in [0.1, 0.15) is 11.5 Å². The van der Waals surface area contributed by atoms with Crippen LogP contribution in [0.5, 0.6) is 5.88 Å². The van der Waals surface area contributed by atoms with Gasteiger partial charge in [0, 0.05) is 12.4 Å². The first-order valence-electron chi connectivity index (χ1n) is 6.80. The molecule has 0 bridgehead atoms. The molecule has 0 fully saturated rings. The quantitative estimate of drug-likeness (QED) is 0.628. The van der Waals surface area contributed by atoms with Crippen LogP contribution in [-0.4, -0.2) is 36.7 Å². The zero-order valence-corrected chi connectivity index (χ0v) is 12.1.